The number of anilines is 1. The number of nitrogen functional groups attached to an aromatic ring is 1. The number of halogens is 7. The summed E-state index contributed by atoms with van der Waals surface area (Å²) < 4.78 is 74.1. The molecule has 0 amide bonds. The molecule has 0 saturated carbocycles. The van der Waals surface area contributed by atoms with Crippen LogP contribution in [-0.4, -0.2) is 0 Å². The average molecular weight is 308 g/mol. The van der Waals surface area contributed by atoms with Crippen molar-refractivity contribution >= 4 is 21.6 Å². The summed E-state index contributed by atoms with van der Waals surface area (Å²) in [5, 5.41) is 0. The van der Waals surface area contributed by atoms with Gasteiger partial charge in [0.15, 0.2) is 0 Å². The van der Waals surface area contributed by atoms with Crippen LogP contribution in [0.5, 0.6) is 0 Å². The van der Waals surface area contributed by atoms with Crippen LogP contribution in [0.15, 0.2) is 16.6 Å². The second kappa shape index (κ2) is 3.83. The Morgan fingerprint density at radius 2 is 1.44 bits per heavy atom. The summed E-state index contributed by atoms with van der Waals surface area (Å²) in [6.07, 6.45) is -10.3. The maximum Gasteiger partial charge on any atom is 0.418 e. The molecule has 0 atom stereocenters. The van der Waals surface area contributed by atoms with Crippen molar-refractivity contribution in [3.05, 3.63) is 27.7 Å². The number of rotatable bonds is 0. The van der Waals surface area contributed by atoms with Gasteiger partial charge in [0.2, 0.25) is 0 Å². The van der Waals surface area contributed by atoms with E-state index in [0.717, 1.165) is 6.07 Å². The van der Waals surface area contributed by atoms with Crippen LogP contribution in [0.3, 0.4) is 0 Å². The normalized spacial score (nSPS) is 12.9. The Labute approximate surface area is 94.4 Å². The van der Waals surface area contributed by atoms with Crippen LogP contribution in [0.2, 0.25) is 0 Å². The lowest BCUT2D eigenvalue weighted by Crippen LogP contribution is -2.18. The van der Waals surface area contributed by atoms with Gasteiger partial charge >= 0.3 is 12.4 Å². The van der Waals surface area contributed by atoms with Gasteiger partial charge in [-0.1, -0.05) is 15.9 Å². The zero-order valence-corrected chi connectivity index (χ0v) is 8.96. The fourth-order valence-electron chi connectivity index (χ4n) is 1.17. The van der Waals surface area contributed by atoms with Gasteiger partial charge in [-0.3, -0.25) is 0 Å². The summed E-state index contributed by atoms with van der Waals surface area (Å²) in [6, 6.07) is 1.12. The Balaban J connectivity index is 3.58. The van der Waals surface area contributed by atoms with Crippen molar-refractivity contribution in [2.45, 2.75) is 12.4 Å². The highest BCUT2D eigenvalue weighted by molar-refractivity contribution is 9.10. The second-order valence-electron chi connectivity index (χ2n) is 2.91. The molecule has 0 unspecified atom stereocenters. The molecule has 0 fully saturated rings. The van der Waals surface area contributed by atoms with Gasteiger partial charge in [0, 0.05) is 10.2 Å². The van der Waals surface area contributed by atoms with Crippen LogP contribution in [0.25, 0.3) is 0 Å². The van der Waals surface area contributed by atoms with Crippen molar-refractivity contribution in [1.29, 1.82) is 0 Å². The predicted molar refractivity (Wildman–Crippen MR) is 48.6 cm³/mol. The molecule has 2 N–H and O–H groups in total. The molecular weight excluding hydrogens is 304 g/mol. The first-order valence-corrected chi connectivity index (χ1v) is 4.56. The highest BCUT2D eigenvalue weighted by Gasteiger charge is 2.44. The van der Waals surface area contributed by atoms with E-state index in [1.54, 1.807) is 0 Å². The first-order chi connectivity index (χ1) is 7.03. The minimum atomic E-state index is -5.14. The lowest BCUT2D eigenvalue weighted by molar-refractivity contribution is -0.161. The fourth-order valence-corrected chi connectivity index (χ4v) is 1.64. The Morgan fingerprint density at radius 3 is 1.81 bits per heavy atom. The molecular formula is C8H4BrF6N. The quantitative estimate of drug-likeness (QED) is 0.567. The number of benzene rings is 1. The SMILES string of the molecule is Nc1cc(Br)cc(C(F)(F)F)c1C(F)(F)F. The van der Waals surface area contributed by atoms with E-state index in [0.29, 0.717) is 6.07 Å². The first kappa shape index (κ1) is 13.1. The molecule has 0 aliphatic heterocycles. The van der Waals surface area contributed by atoms with Crippen LogP contribution in [-0.2, 0) is 12.4 Å². The van der Waals surface area contributed by atoms with Gasteiger partial charge in [-0.2, -0.15) is 26.3 Å². The van der Waals surface area contributed by atoms with E-state index in [9.17, 15) is 26.3 Å². The molecule has 1 aromatic carbocycles. The number of hydrogen-bond donors (Lipinski definition) is 1. The summed E-state index contributed by atoms with van der Waals surface area (Å²) >= 11 is 2.66. The highest BCUT2D eigenvalue weighted by Crippen LogP contribution is 2.44. The van der Waals surface area contributed by atoms with Crippen LogP contribution < -0.4 is 5.73 Å². The van der Waals surface area contributed by atoms with Crippen LogP contribution >= 0.6 is 15.9 Å². The largest absolute Gasteiger partial charge is 0.418 e. The smallest absolute Gasteiger partial charge is 0.398 e. The molecule has 0 radical (unpaired) electrons. The van der Waals surface area contributed by atoms with Gasteiger partial charge in [0.05, 0.1) is 11.1 Å². The lowest BCUT2D eigenvalue weighted by atomic mass is 10.0. The van der Waals surface area contributed by atoms with Crippen molar-refractivity contribution in [2.75, 3.05) is 5.73 Å². The third-order valence-corrected chi connectivity index (χ3v) is 2.18. The molecule has 1 rings (SSSR count). The molecule has 16 heavy (non-hydrogen) atoms. The van der Waals surface area contributed by atoms with Crippen molar-refractivity contribution in [2.24, 2.45) is 0 Å². The van der Waals surface area contributed by atoms with Gasteiger partial charge in [-0.15, -0.1) is 0 Å². The van der Waals surface area contributed by atoms with Crippen LogP contribution in [0.1, 0.15) is 11.1 Å². The average Bonchev–Trinajstić information content (AvgIpc) is 1.97. The van der Waals surface area contributed by atoms with Gasteiger partial charge < -0.3 is 5.73 Å². The molecule has 1 nitrogen and oxygen atoms in total. The topological polar surface area (TPSA) is 26.0 Å². The summed E-state index contributed by atoms with van der Waals surface area (Å²) in [4.78, 5) is 0. The molecule has 0 heterocycles. The number of alkyl halides is 6. The van der Waals surface area contributed by atoms with Crippen molar-refractivity contribution in [3.8, 4) is 0 Å². The van der Waals surface area contributed by atoms with Gasteiger partial charge in [-0.25, -0.2) is 0 Å². The molecule has 0 aliphatic rings. The maximum atomic E-state index is 12.4. The Kier molecular flexibility index (Phi) is 3.15. The summed E-state index contributed by atoms with van der Waals surface area (Å²) in [5.41, 5.74) is 0.334. The zero-order chi connectivity index (χ0) is 12.7. The molecule has 90 valence electrons. The molecule has 0 aromatic heterocycles. The number of hydrogen-bond acceptors (Lipinski definition) is 1. The number of nitrogens with two attached hydrogens (primary N) is 1. The fraction of sp³-hybridized carbons (Fsp3) is 0.250. The van der Waals surface area contributed by atoms with Crippen molar-refractivity contribution in [3.63, 3.8) is 0 Å². The van der Waals surface area contributed by atoms with E-state index in [1.165, 1.54) is 0 Å². The van der Waals surface area contributed by atoms with E-state index in [4.69, 9.17) is 5.73 Å². The Bertz CT molecular complexity index is 408. The van der Waals surface area contributed by atoms with Gasteiger partial charge in [0.25, 0.3) is 0 Å². The Morgan fingerprint density at radius 1 is 0.938 bits per heavy atom. The van der Waals surface area contributed by atoms with Gasteiger partial charge in [-0.05, 0) is 12.1 Å². The van der Waals surface area contributed by atoms with E-state index >= 15 is 0 Å². The lowest BCUT2D eigenvalue weighted by Gasteiger charge is -2.17. The molecule has 0 bridgehead atoms. The maximum absolute atomic E-state index is 12.4. The third-order valence-electron chi connectivity index (χ3n) is 1.72. The molecule has 0 aliphatic carbocycles. The summed E-state index contributed by atoms with van der Waals surface area (Å²) in [6.45, 7) is 0. The van der Waals surface area contributed by atoms with Crippen LogP contribution in [0.4, 0.5) is 32.0 Å². The van der Waals surface area contributed by atoms with E-state index in [1.807, 2.05) is 0 Å². The standard InChI is InChI=1S/C8H4BrF6N/c9-3-1-4(7(10,11)12)6(5(16)2-3)8(13,14)15/h1-2H,16H2. The Hall–Kier alpha value is -0.920. The van der Waals surface area contributed by atoms with E-state index in [2.05, 4.69) is 15.9 Å². The monoisotopic (exact) mass is 307 g/mol. The third kappa shape index (κ3) is 2.60. The molecule has 8 heteroatoms. The zero-order valence-electron chi connectivity index (χ0n) is 7.38. The molecule has 0 spiro atoms. The molecule has 0 saturated heterocycles. The highest BCUT2D eigenvalue weighted by atomic mass is 79.9. The van der Waals surface area contributed by atoms with Gasteiger partial charge in [0.1, 0.15) is 0 Å². The first-order valence-electron chi connectivity index (χ1n) is 3.77. The van der Waals surface area contributed by atoms with E-state index < -0.39 is 29.2 Å². The summed E-state index contributed by atoms with van der Waals surface area (Å²) in [7, 11) is 0. The molecule has 1 aromatic rings. The summed E-state index contributed by atoms with van der Waals surface area (Å²) in [5.74, 6) is 0. The van der Waals surface area contributed by atoms with Crippen LogP contribution in [0, 0.1) is 0 Å². The predicted octanol–water partition coefficient (Wildman–Crippen LogP) is 4.07. The van der Waals surface area contributed by atoms with Crippen molar-refractivity contribution < 1.29 is 26.3 Å². The van der Waals surface area contributed by atoms with Crippen molar-refractivity contribution in [1.82, 2.24) is 0 Å². The van der Waals surface area contributed by atoms with E-state index in [-0.39, 0.29) is 4.47 Å². The minimum absolute atomic E-state index is 0.162. The second-order valence-corrected chi connectivity index (χ2v) is 3.83. The minimum Gasteiger partial charge on any atom is -0.398 e.